The van der Waals surface area contributed by atoms with Gasteiger partial charge in [0.15, 0.2) is 11.5 Å². The van der Waals surface area contributed by atoms with Crippen LogP contribution < -0.4 is 14.2 Å². The summed E-state index contributed by atoms with van der Waals surface area (Å²) in [7, 11) is 1.54. The first-order valence-corrected chi connectivity index (χ1v) is 13.2. The van der Waals surface area contributed by atoms with Crippen molar-refractivity contribution in [2.45, 2.75) is 46.2 Å². The lowest BCUT2D eigenvalue weighted by atomic mass is 9.95. The number of furan rings is 1. The highest BCUT2D eigenvalue weighted by atomic mass is 16.5. The predicted octanol–water partition coefficient (Wildman–Crippen LogP) is 6.12. The van der Waals surface area contributed by atoms with Crippen LogP contribution in [-0.2, 0) is 16.1 Å². The predicted molar refractivity (Wildman–Crippen MR) is 147 cm³/mol. The zero-order valence-electron chi connectivity index (χ0n) is 22.8. The van der Waals surface area contributed by atoms with Crippen molar-refractivity contribution in [3.05, 3.63) is 83.3 Å². The number of likely N-dealkylation sites (tertiary alicyclic amines) is 1. The van der Waals surface area contributed by atoms with Crippen LogP contribution in [0.1, 0.15) is 56.5 Å². The number of carbonyl (C=O) groups excluding carboxylic acids is 2. The highest BCUT2D eigenvalue weighted by Crippen LogP contribution is 2.43. The molecule has 1 aliphatic heterocycles. The van der Waals surface area contributed by atoms with E-state index >= 15 is 0 Å². The fourth-order valence-electron chi connectivity index (χ4n) is 4.42. The summed E-state index contributed by atoms with van der Waals surface area (Å²) in [6.07, 6.45) is 3.26. The Morgan fingerprint density at radius 3 is 2.44 bits per heavy atom. The second kappa shape index (κ2) is 12.6. The molecule has 0 spiro atoms. The minimum absolute atomic E-state index is 0.00990. The van der Waals surface area contributed by atoms with Gasteiger partial charge >= 0.3 is 0 Å². The molecule has 0 saturated carbocycles. The summed E-state index contributed by atoms with van der Waals surface area (Å²) in [4.78, 5) is 28.0. The number of benzene rings is 2. The highest BCUT2D eigenvalue weighted by Gasteiger charge is 2.46. The van der Waals surface area contributed by atoms with Crippen LogP contribution in [-0.4, -0.2) is 42.0 Å². The van der Waals surface area contributed by atoms with E-state index in [1.165, 1.54) is 18.3 Å². The molecule has 1 N–H and O–H groups in total. The number of carbonyl (C=O) groups is 2. The fraction of sp³-hybridized carbons (Fsp3) is 0.355. The lowest BCUT2D eigenvalue weighted by Gasteiger charge is -2.25. The third-order valence-electron chi connectivity index (χ3n) is 6.50. The van der Waals surface area contributed by atoms with E-state index in [0.717, 1.165) is 12.8 Å². The Hall–Kier alpha value is -4.20. The van der Waals surface area contributed by atoms with Crippen molar-refractivity contribution in [3.63, 3.8) is 0 Å². The van der Waals surface area contributed by atoms with Gasteiger partial charge in [0.05, 0.1) is 44.7 Å². The summed E-state index contributed by atoms with van der Waals surface area (Å²) >= 11 is 0. The number of rotatable bonds is 12. The van der Waals surface area contributed by atoms with Crippen LogP contribution in [0.4, 0.5) is 0 Å². The average molecular weight is 534 g/mol. The van der Waals surface area contributed by atoms with Gasteiger partial charge in [-0.1, -0.05) is 26.8 Å². The largest absolute Gasteiger partial charge is 0.507 e. The average Bonchev–Trinajstić information content (AvgIpc) is 3.54. The number of ether oxygens (including phenoxy) is 3. The number of Topliss-reactive ketones (excluding diaryl/α,β-unsaturated/α-hetero) is 1. The number of hydrogen-bond acceptors (Lipinski definition) is 7. The SMILES string of the molecule is CCCOc1ccc(C(O)=C2C(=O)C(=O)N(Cc3ccco3)C2c2ccc(OCCC(C)C)c(OC)c2)cc1. The van der Waals surface area contributed by atoms with Crippen LogP contribution in [0, 0.1) is 5.92 Å². The third kappa shape index (κ3) is 6.28. The molecule has 1 aliphatic rings. The van der Waals surface area contributed by atoms with Gasteiger partial charge in [-0.2, -0.15) is 0 Å². The van der Waals surface area contributed by atoms with Gasteiger partial charge in [-0.25, -0.2) is 0 Å². The van der Waals surface area contributed by atoms with Crippen molar-refractivity contribution in [1.29, 1.82) is 0 Å². The van der Waals surface area contributed by atoms with Gasteiger partial charge < -0.3 is 28.6 Å². The summed E-state index contributed by atoms with van der Waals surface area (Å²) in [6.45, 7) is 7.42. The molecule has 3 aromatic rings. The van der Waals surface area contributed by atoms with E-state index < -0.39 is 17.7 Å². The molecule has 4 rings (SSSR count). The summed E-state index contributed by atoms with van der Waals surface area (Å²) < 4.78 is 22.6. The normalized spacial score (nSPS) is 16.6. The monoisotopic (exact) mass is 533 g/mol. The highest BCUT2D eigenvalue weighted by molar-refractivity contribution is 6.46. The van der Waals surface area contributed by atoms with Crippen LogP contribution in [0.15, 0.2) is 70.9 Å². The molecule has 2 aromatic carbocycles. The van der Waals surface area contributed by atoms with Gasteiger partial charge in [0.2, 0.25) is 0 Å². The first-order valence-electron chi connectivity index (χ1n) is 13.2. The van der Waals surface area contributed by atoms with Gasteiger partial charge in [0.1, 0.15) is 17.3 Å². The zero-order chi connectivity index (χ0) is 27.9. The fourth-order valence-corrected chi connectivity index (χ4v) is 4.42. The van der Waals surface area contributed by atoms with Crippen LogP contribution >= 0.6 is 0 Å². The number of aliphatic hydroxyl groups excluding tert-OH is 1. The van der Waals surface area contributed by atoms with E-state index in [2.05, 4.69) is 13.8 Å². The summed E-state index contributed by atoms with van der Waals surface area (Å²) in [6, 6.07) is 14.7. The Morgan fingerprint density at radius 2 is 1.79 bits per heavy atom. The minimum atomic E-state index is -0.871. The summed E-state index contributed by atoms with van der Waals surface area (Å²) in [5.41, 5.74) is 0.989. The molecule has 0 radical (unpaired) electrons. The Morgan fingerprint density at radius 1 is 1.03 bits per heavy atom. The smallest absolute Gasteiger partial charge is 0.296 e. The zero-order valence-corrected chi connectivity index (χ0v) is 22.8. The first-order chi connectivity index (χ1) is 18.8. The van der Waals surface area contributed by atoms with E-state index in [4.69, 9.17) is 18.6 Å². The number of aliphatic hydroxyl groups is 1. The van der Waals surface area contributed by atoms with E-state index in [1.807, 2.05) is 6.92 Å². The quantitative estimate of drug-likeness (QED) is 0.170. The van der Waals surface area contributed by atoms with Crippen LogP contribution in [0.3, 0.4) is 0 Å². The van der Waals surface area contributed by atoms with Crippen molar-refractivity contribution in [2.24, 2.45) is 5.92 Å². The van der Waals surface area contributed by atoms with Crippen molar-refractivity contribution in [1.82, 2.24) is 4.90 Å². The maximum absolute atomic E-state index is 13.4. The standard InChI is InChI=1S/C31H35NO7/c1-5-15-37-23-11-8-21(9-12-23)29(33)27-28(32(31(35)30(27)34)19-24-7-6-16-38-24)22-10-13-25(26(18-22)36-4)39-17-14-20(2)3/h6-13,16,18,20,28,33H,5,14-15,17,19H2,1-4H3. The molecule has 0 bridgehead atoms. The summed E-state index contributed by atoms with van der Waals surface area (Å²) in [5, 5.41) is 11.4. The van der Waals surface area contributed by atoms with Gasteiger partial charge in [-0.3, -0.25) is 9.59 Å². The van der Waals surface area contributed by atoms with E-state index in [9.17, 15) is 14.7 Å². The number of ketones is 1. The molecule has 1 saturated heterocycles. The van der Waals surface area contributed by atoms with Crippen LogP contribution in [0.5, 0.6) is 17.2 Å². The lowest BCUT2D eigenvalue weighted by Crippen LogP contribution is -2.29. The van der Waals surface area contributed by atoms with Crippen molar-refractivity contribution in [2.75, 3.05) is 20.3 Å². The van der Waals surface area contributed by atoms with Gasteiger partial charge in [0.25, 0.3) is 11.7 Å². The van der Waals surface area contributed by atoms with Crippen molar-refractivity contribution >= 4 is 17.4 Å². The Kier molecular flexibility index (Phi) is 8.96. The van der Waals surface area contributed by atoms with Gasteiger partial charge in [-0.15, -0.1) is 0 Å². The number of nitrogens with zero attached hydrogens (tertiary/aromatic N) is 1. The molecule has 0 aliphatic carbocycles. The molecular weight excluding hydrogens is 498 g/mol. The Balaban J connectivity index is 1.76. The molecule has 1 fully saturated rings. The molecule has 1 unspecified atom stereocenters. The van der Waals surface area contributed by atoms with Crippen molar-refractivity contribution < 1.29 is 33.3 Å². The maximum atomic E-state index is 13.4. The molecule has 8 heteroatoms. The molecule has 1 atom stereocenters. The molecule has 206 valence electrons. The second-order valence-electron chi connectivity index (χ2n) is 9.82. The number of amides is 1. The molecule has 39 heavy (non-hydrogen) atoms. The lowest BCUT2D eigenvalue weighted by molar-refractivity contribution is -0.140. The van der Waals surface area contributed by atoms with E-state index in [0.29, 0.717) is 53.3 Å². The van der Waals surface area contributed by atoms with E-state index in [-0.39, 0.29) is 17.9 Å². The third-order valence-corrected chi connectivity index (χ3v) is 6.50. The topological polar surface area (TPSA) is 98.4 Å². The minimum Gasteiger partial charge on any atom is -0.507 e. The molecular formula is C31H35NO7. The second-order valence-corrected chi connectivity index (χ2v) is 9.82. The molecule has 1 amide bonds. The van der Waals surface area contributed by atoms with Gasteiger partial charge in [0, 0.05) is 5.56 Å². The van der Waals surface area contributed by atoms with Gasteiger partial charge in [-0.05, 0) is 72.9 Å². The molecule has 2 heterocycles. The molecule has 1 aromatic heterocycles. The number of methoxy groups -OCH3 is 1. The Bertz CT molecular complexity index is 1310. The number of hydrogen-bond donors (Lipinski definition) is 1. The van der Waals surface area contributed by atoms with Crippen LogP contribution in [0.25, 0.3) is 5.76 Å². The van der Waals surface area contributed by atoms with Crippen molar-refractivity contribution in [3.8, 4) is 17.2 Å². The summed E-state index contributed by atoms with van der Waals surface area (Å²) in [5.74, 6) is 0.928. The van der Waals surface area contributed by atoms with Crippen LogP contribution in [0.2, 0.25) is 0 Å². The van der Waals surface area contributed by atoms with E-state index in [1.54, 1.807) is 54.6 Å². The first kappa shape index (κ1) is 27.8. The Labute approximate surface area is 228 Å². The molecule has 8 nitrogen and oxygen atoms in total. The maximum Gasteiger partial charge on any atom is 0.296 e.